The third-order valence-electron chi connectivity index (χ3n) is 5.15. The summed E-state index contributed by atoms with van der Waals surface area (Å²) in [7, 11) is -3.83. The summed E-state index contributed by atoms with van der Waals surface area (Å²) in [6.07, 6.45) is 0.915. The Kier molecular flexibility index (Phi) is 5.18. The summed E-state index contributed by atoms with van der Waals surface area (Å²) >= 11 is 0. The predicted octanol–water partition coefficient (Wildman–Crippen LogP) is 5.16. The lowest BCUT2D eigenvalue weighted by atomic mass is 10.00. The van der Waals surface area contributed by atoms with Gasteiger partial charge in [0.15, 0.2) is 0 Å². The van der Waals surface area contributed by atoms with Gasteiger partial charge in [-0.25, -0.2) is 13.4 Å². The molecule has 3 aromatic carbocycles. The van der Waals surface area contributed by atoms with E-state index >= 15 is 0 Å². The Hall–Kier alpha value is -3.38. The van der Waals surface area contributed by atoms with E-state index in [0.717, 1.165) is 22.9 Å². The molecule has 0 saturated heterocycles. The molecule has 30 heavy (non-hydrogen) atoms. The Morgan fingerprint density at radius 1 is 0.933 bits per heavy atom. The number of para-hydroxylation sites is 1. The Bertz CT molecular complexity index is 1310. The zero-order chi connectivity index (χ0) is 21.3. The van der Waals surface area contributed by atoms with Crippen molar-refractivity contribution in [2.24, 2.45) is 0 Å². The number of nitrogens with two attached hydrogens (primary N) is 1. The van der Waals surface area contributed by atoms with Gasteiger partial charge in [-0.1, -0.05) is 67.1 Å². The number of hydrogen-bond donors (Lipinski definition) is 2. The average Bonchev–Trinajstić information content (AvgIpc) is 2.74. The Morgan fingerprint density at radius 3 is 2.27 bits per heavy atom. The van der Waals surface area contributed by atoms with Crippen molar-refractivity contribution in [3.63, 3.8) is 0 Å². The number of fused-ring (bicyclic) bond motifs is 1. The van der Waals surface area contributed by atoms with E-state index in [1.807, 2.05) is 55.5 Å². The van der Waals surface area contributed by atoms with Gasteiger partial charge < -0.3 is 5.73 Å². The molecule has 0 aliphatic heterocycles. The summed E-state index contributed by atoms with van der Waals surface area (Å²) in [5.41, 5.74) is 11.2. The van der Waals surface area contributed by atoms with Gasteiger partial charge in [0.1, 0.15) is 5.82 Å². The van der Waals surface area contributed by atoms with Gasteiger partial charge in [0.05, 0.1) is 16.1 Å². The van der Waals surface area contributed by atoms with Gasteiger partial charge in [-0.3, -0.25) is 4.72 Å². The number of pyridine rings is 1. The molecule has 4 rings (SSSR count). The summed E-state index contributed by atoms with van der Waals surface area (Å²) in [6, 6.07) is 22.1. The van der Waals surface area contributed by atoms with Crippen molar-refractivity contribution in [2.75, 3.05) is 10.5 Å². The molecule has 0 atom stereocenters. The van der Waals surface area contributed by atoms with Crippen molar-refractivity contribution in [2.45, 2.75) is 25.2 Å². The molecule has 152 valence electrons. The lowest BCUT2D eigenvalue weighted by molar-refractivity contribution is 0.601. The van der Waals surface area contributed by atoms with Gasteiger partial charge in [-0.2, -0.15) is 0 Å². The van der Waals surface area contributed by atoms with Crippen LogP contribution in [-0.4, -0.2) is 13.4 Å². The summed E-state index contributed by atoms with van der Waals surface area (Å²) in [4.78, 5) is 4.79. The highest BCUT2D eigenvalue weighted by Gasteiger charge is 2.21. The van der Waals surface area contributed by atoms with Crippen LogP contribution in [0.5, 0.6) is 0 Å². The highest BCUT2D eigenvalue weighted by molar-refractivity contribution is 7.92. The maximum Gasteiger partial charge on any atom is 0.263 e. The molecule has 0 radical (unpaired) electrons. The summed E-state index contributed by atoms with van der Waals surface area (Å²) in [5.74, 6) is 0.219. The number of nitrogen functional groups attached to an aromatic ring is 1. The van der Waals surface area contributed by atoms with Crippen molar-refractivity contribution in [3.8, 4) is 11.1 Å². The Labute approximate surface area is 176 Å². The number of hydrogen-bond acceptors (Lipinski definition) is 4. The molecule has 0 unspecified atom stereocenters. The molecule has 4 aromatic rings. The summed E-state index contributed by atoms with van der Waals surface area (Å²) in [6.45, 7) is 4.00. The molecule has 5 nitrogen and oxygen atoms in total. The molecule has 0 bridgehead atoms. The monoisotopic (exact) mass is 417 g/mol. The molecular weight excluding hydrogens is 394 g/mol. The van der Waals surface area contributed by atoms with E-state index in [0.29, 0.717) is 16.8 Å². The first-order valence-corrected chi connectivity index (χ1v) is 11.2. The lowest BCUT2D eigenvalue weighted by Gasteiger charge is -2.16. The van der Waals surface area contributed by atoms with Crippen LogP contribution < -0.4 is 10.5 Å². The van der Waals surface area contributed by atoms with Crippen molar-refractivity contribution < 1.29 is 8.42 Å². The normalized spacial score (nSPS) is 11.5. The first kappa shape index (κ1) is 19.9. The third-order valence-corrected chi connectivity index (χ3v) is 6.50. The Balaban J connectivity index is 1.90. The molecule has 1 heterocycles. The number of aromatic nitrogens is 1. The third kappa shape index (κ3) is 3.74. The second-order valence-corrected chi connectivity index (χ2v) is 8.92. The van der Waals surface area contributed by atoms with Gasteiger partial charge in [0.25, 0.3) is 10.0 Å². The summed E-state index contributed by atoms with van der Waals surface area (Å²) < 4.78 is 28.8. The van der Waals surface area contributed by atoms with Crippen molar-refractivity contribution in [3.05, 3.63) is 83.9 Å². The smallest absolute Gasteiger partial charge is 0.263 e. The highest BCUT2D eigenvalue weighted by Crippen LogP contribution is 2.38. The predicted molar refractivity (Wildman–Crippen MR) is 123 cm³/mol. The van der Waals surface area contributed by atoms with Gasteiger partial charge in [0.2, 0.25) is 0 Å². The standard InChI is InChI=1S/C24H23N3O2S/c1-3-17-10-12-18(13-11-17)22-23(25)20-6-4-5-7-21(20)26-24(22)27-30(28,29)19-14-8-16(2)9-15-19/h4-15H,3H2,1-2H3,(H3,25,26,27). The van der Waals surface area contributed by atoms with Crippen LogP contribution in [-0.2, 0) is 16.4 Å². The average molecular weight is 418 g/mol. The number of anilines is 2. The zero-order valence-electron chi connectivity index (χ0n) is 16.9. The van der Waals surface area contributed by atoms with Crippen LogP contribution >= 0.6 is 0 Å². The SMILES string of the molecule is CCc1ccc(-c2c(NS(=O)(=O)c3ccc(C)cc3)nc3ccccc3c2N)cc1. The number of sulfonamides is 1. The molecule has 0 saturated carbocycles. The number of aryl methyl sites for hydroxylation is 2. The molecule has 0 spiro atoms. The van der Waals surface area contributed by atoms with Crippen LogP contribution in [0.15, 0.2) is 77.7 Å². The van der Waals surface area contributed by atoms with Gasteiger partial charge in [0, 0.05) is 10.9 Å². The van der Waals surface area contributed by atoms with E-state index in [1.165, 1.54) is 5.56 Å². The summed E-state index contributed by atoms with van der Waals surface area (Å²) in [5, 5.41) is 0.783. The van der Waals surface area contributed by atoms with Gasteiger partial charge in [-0.15, -0.1) is 0 Å². The minimum absolute atomic E-state index is 0.175. The second-order valence-electron chi connectivity index (χ2n) is 7.24. The lowest BCUT2D eigenvalue weighted by Crippen LogP contribution is -2.15. The fourth-order valence-electron chi connectivity index (χ4n) is 3.41. The van der Waals surface area contributed by atoms with Crippen molar-refractivity contribution >= 4 is 32.4 Å². The number of benzene rings is 3. The minimum atomic E-state index is -3.83. The van der Waals surface area contributed by atoms with Crippen LogP contribution in [0.4, 0.5) is 11.5 Å². The first-order valence-electron chi connectivity index (χ1n) is 9.76. The molecule has 3 N–H and O–H groups in total. The van der Waals surface area contributed by atoms with Crippen LogP contribution in [0.2, 0.25) is 0 Å². The van der Waals surface area contributed by atoms with E-state index in [9.17, 15) is 8.42 Å². The van der Waals surface area contributed by atoms with Crippen molar-refractivity contribution in [1.29, 1.82) is 0 Å². The van der Waals surface area contributed by atoms with E-state index in [2.05, 4.69) is 16.6 Å². The van der Waals surface area contributed by atoms with Crippen molar-refractivity contribution in [1.82, 2.24) is 4.98 Å². The van der Waals surface area contributed by atoms with Crippen LogP contribution in [0.3, 0.4) is 0 Å². The van der Waals surface area contributed by atoms with E-state index in [1.54, 1.807) is 24.3 Å². The largest absolute Gasteiger partial charge is 0.398 e. The van der Waals surface area contributed by atoms with Crippen LogP contribution in [0, 0.1) is 6.92 Å². The molecule has 1 aromatic heterocycles. The second kappa shape index (κ2) is 7.80. The first-order chi connectivity index (χ1) is 14.4. The maximum atomic E-state index is 13.1. The quantitative estimate of drug-likeness (QED) is 0.470. The molecule has 6 heteroatoms. The zero-order valence-corrected chi connectivity index (χ0v) is 17.7. The molecule has 0 fully saturated rings. The number of nitrogens with one attached hydrogen (secondary N) is 1. The molecule has 0 aliphatic rings. The number of rotatable bonds is 5. The fraction of sp³-hybridized carbons (Fsp3) is 0.125. The van der Waals surface area contributed by atoms with E-state index in [-0.39, 0.29) is 10.7 Å². The van der Waals surface area contributed by atoms with Crippen LogP contribution in [0.1, 0.15) is 18.1 Å². The topological polar surface area (TPSA) is 85.1 Å². The molecule has 0 aliphatic carbocycles. The van der Waals surface area contributed by atoms with Crippen LogP contribution in [0.25, 0.3) is 22.0 Å². The van der Waals surface area contributed by atoms with Gasteiger partial charge in [-0.05, 0) is 42.7 Å². The molecular formula is C24H23N3O2S. The van der Waals surface area contributed by atoms with E-state index < -0.39 is 10.0 Å². The number of nitrogens with zero attached hydrogens (tertiary/aromatic N) is 1. The highest BCUT2D eigenvalue weighted by atomic mass is 32.2. The van der Waals surface area contributed by atoms with Gasteiger partial charge >= 0.3 is 0 Å². The molecule has 0 amide bonds. The fourth-order valence-corrected chi connectivity index (χ4v) is 4.43. The van der Waals surface area contributed by atoms with E-state index in [4.69, 9.17) is 5.73 Å². The maximum absolute atomic E-state index is 13.1. The minimum Gasteiger partial charge on any atom is -0.398 e. The Morgan fingerprint density at radius 2 is 1.60 bits per heavy atom.